The van der Waals surface area contributed by atoms with Crippen molar-refractivity contribution in [3.8, 4) is 0 Å². The first-order chi connectivity index (χ1) is 12.1. The van der Waals surface area contributed by atoms with Crippen LogP contribution in [0.4, 0.5) is 11.4 Å². The third-order valence-corrected chi connectivity index (χ3v) is 7.90. The van der Waals surface area contributed by atoms with E-state index in [0.29, 0.717) is 40.5 Å². The number of halogens is 1. The van der Waals surface area contributed by atoms with E-state index >= 15 is 0 Å². The summed E-state index contributed by atoms with van der Waals surface area (Å²) in [6, 6.07) is 9.59. The van der Waals surface area contributed by atoms with E-state index in [1.807, 2.05) is 0 Å². The van der Waals surface area contributed by atoms with Gasteiger partial charge in [-0.25, -0.2) is 16.8 Å². The second kappa shape index (κ2) is 6.75. The van der Waals surface area contributed by atoms with Gasteiger partial charge in [-0.05, 0) is 55.7 Å². The molecular formula is C17H19ClN2O4S2. The van der Waals surface area contributed by atoms with Gasteiger partial charge in [0.15, 0.2) is 0 Å². The second-order valence-electron chi connectivity index (χ2n) is 6.26. The fourth-order valence-electron chi connectivity index (χ4n) is 2.87. The highest BCUT2D eigenvalue weighted by Gasteiger charge is 2.29. The van der Waals surface area contributed by atoms with E-state index in [1.165, 1.54) is 10.4 Å². The summed E-state index contributed by atoms with van der Waals surface area (Å²) in [5, 5.41) is 0.324. The molecule has 2 aromatic rings. The Morgan fingerprint density at radius 3 is 2.42 bits per heavy atom. The van der Waals surface area contributed by atoms with Crippen molar-refractivity contribution in [2.75, 3.05) is 21.3 Å². The highest BCUT2D eigenvalue weighted by Crippen LogP contribution is 2.30. The molecule has 0 atom stereocenters. The molecule has 2 aromatic carbocycles. The number of nitrogens with zero attached hydrogens (tertiary/aromatic N) is 1. The third kappa shape index (κ3) is 3.67. The Hall–Kier alpha value is -1.77. The number of aryl methyl sites for hydroxylation is 2. The fraction of sp³-hybridized carbons (Fsp3) is 0.294. The molecule has 26 heavy (non-hydrogen) atoms. The van der Waals surface area contributed by atoms with E-state index in [0.717, 1.165) is 0 Å². The zero-order valence-corrected chi connectivity index (χ0v) is 16.7. The lowest BCUT2D eigenvalue weighted by Crippen LogP contribution is -2.25. The van der Waals surface area contributed by atoms with Crippen LogP contribution in [-0.2, 0) is 20.0 Å². The largest absolute Gasteiger partial charge is 0.279 e. The zero-order valence-electron chi connectivity index (χ0n) is 14.4. The minimum atomic E-state index is -3.86. The summed E-state index contributed by atoms with van der Waals surface area (Å²) in [4.78, 5) is 0.0867. The van der Waals surface area contributed by atoms with Crippen molar-refractivity contribution in [1.82, 2.24) is 0 Å². The molecule has 1 aliphatic rings. The van der Waals surface area contributed by atoms with Gasteiger partial charge in [0.25, 0.3) is 10.0 Å². The van der Waals surface area contributed by atoms with Crippen molar-refractivity contribution in [2.45, 2.75) is 25.2 Å². The quantitative estimate of drug-likeness (QED) is 0.831. The maximum Gasteiger partial charge on any atom is 0.262 e. The molecule has 0 radical (unpaired) electrons. The molecule has 3 rings (SSSR count). The Kier molecular flexibility index (Phi) is 4.94. The van der Waals surface area contributed by atoms with Gasteiger partial charge < -0.3 is 0 Å². The lowest BCUT2D eigenvalue weighted by molar-refractivity contribution is 0.598. The van der Waals surface area contributed by atoms with E-state index in [4.69, 9.17) is 11.6 Å². The highest BCUT2D eigenvalue weighted by molar-refractivity contribution is 7.93. The first-order valence-electron chi connectivity index (χ1n) is 8.00. The van der Waals surface area contributed by atoms with E-state index < -0.39 is 20.0 Å². The van der Waals surface area contributed by atoms with Gasteiger partial charge in [0.1, 0.15) is 0 Å². The average Bonchev–Trinajstić information content (AvgIpc) is 2.91. The molecule has 1 heterocycles. The second-order valence-corrected chi connectivity index (χ2v) is 10.4. The van der Waals surface area contributed by atoms with Crippen molar-refractivity contribution in [1.29, 1.82) is 0 Å². The minimum Gasteiger partial charge on any atom is -0.279 e. The fourth-order valence-corrected chi connectivity index (χ4v) is 6.05. The summed E-state index contributed by atoms with van der Waals surface area (Å²) >= 11 is 5.93. The van der Waals surface area contributed by atoms with Crippen LogP contribution in [0.5, 0.6) is 0 Å². The predicted octanol–water partition coefficient (Wildman–Crippen LogP) is 3.30. The van der Waals surface area contributed by atoms with Crippen LogP contribution in [-0.4, -0.2) is 29.1 Å². The molecule has 1 saturated heterocycles. The van der Waals surface area contributed by atoms with Crippen LogP contribution >= 0.6 is 11.6 Å². The summed E-state index contributed by atoms with van der Waals surface area (Å²) < 4.78 is 53.7. The van der Waals surface area contributed by atoms with E-state index in [-0.39, 0.29) is 10.6 Å². The molecular weight excluding hydrogens is 396 g/mol. The van der Waals surface area contributed by atoms with Crippen molar-refractivity contribution in [3.63, 3.8) is 0 Å². The number of hydrogen-bond donors (Lipinski definition) is 1. The molecule has 0 unspecified atom stereocenters. The Labute approximate surface area is 158 Å². The van der Waals surface area contributed by atoms with Gasteiger partial charge in [0.05, 0.1) is 22.0 Å². The molecule has 9 heteroatoms. The molecule has 6 nitrogen and oxygen atoms in total. The van der Waals surface area contributed by atoms with Gasteiger partial charge >= 0.3 is 0 Å². The molecule has 0 aliphatic carbocycles. The standard InChI is InChI=1S/C17H19ClN2O4S2/c1-12-5-7-15(20-8-3-9-25(20,21)22)11-16(12)19-26(23,24)17-10-14(18)6-4-13(17)2/h4-7,10-11,19H,3,8-9H2,1-2H3. The van der Waals surface area contributed by atoms with Crippen molar-refractivity contribution in [2.24, 2.45) is 0 Å². The smallest absolute Gasteiger partial charge is 0.262 e. The van der Waals surface area contributed by atoms with E-state index in [9.17, 15) is 16.8 Å². The maximum atomic E-state index is 12.8. The Bertz CT molecular complexity index is 1070. The summed E-state index contributed by atoms with van der Waals surface area (Å²) in [5.74, 6) is 0.101. The van der Waals surface area contributed by atoms with E-state index in [1.54, 1.807) is 44.2 Å². The first-order valence-corrected chi connectivity index (χ1v) is 11.5. The summed E-state index contributed by atoms with van der Waals surface area (Å²) in [6.07, 6.45) is 0.555. The highest BCUT2D eigenvalue weighted by atomic mass is 35.5. The van der Waals surface area contributed by atoms with Gasteiger partial charge in [-0.15, -0.1) is 0 Å². The number of sulfonamides is 2. The van der Waals surface area contributed by atoms with E-state index in [2.05, 4.69) is 4.72 Å². The van der Waals surface area contributed by atoms with Crippen molar-refractivity contribution in [3.05, 3.63) is 52.5 Å². The molecule has 0 saturated carbocycles. The lowest BCUT2D eigenvalue weighted by Gasteiger charge is -2.19. The molecule has 0 aromatic heterocycles. The van der Waals surface area contributed by atoms with Crippen LogP contribution in [0, 0.1) is 13.8 Å². The van der Waals surface area contributed by atoms with Gasteiger partial charge in [0, 0.05) is 11.6 Å². The summed E-state index contributed by atoms with van der Waals surface area (Å²) in [7, 11) is -7.20. The monoisotopic (exact) mass is 414 g/mol. The topological polar surface area (TPSA) is 83.6 Å². The van der Waals surface area contributed by atoms with Crippen molar-refractivity contribution < 1.29 is 16.8 Å². The van der Waals surface area contributed by atoms with Crippen LogP contribution in [0.2, 0.25) is 5.02 Å². The average molecular weight is 415 g/mol. The third-order valence-electron chi connectivity index (χ3n) is 4.29. The number of benzene rings is 2. The normalized spacial score (nSPS) is 16.7. The lowest BCUT2D eigenvalue weighted by atomic mass is 10.2. The van der Waals surface area contributed by atoms with Crippen LogP contribution < -0.4 is 9.03 Å². The van der Waals surface area contributed by atoms with Gasteiger partial charge in [-0.2, -0.15) is 0 Å². The summed E-state index contributed by atoms with van der Waals surface area (Å²) in [5.41, 5.74) is 2.05. The summed E-state index contributed by atoms with van der Waals surface area (Å²) in [6.45, 7) is 3.83. The zero-order chi connectivity index (χ0) is 19.1. The predicted molar refractivity (Wildman–Crippen MR) is 104 cm³/mol. The Morgan fingerprint density at radius 1 is 1.08 bits per heavy atom. The number of hydrogen-bond acceptors (Lipinski definition) is 4. The first kappa shape index (κ1) is 19.0. The minimum absolute atomic E-state index is 0.0867. The SMILES string of the molecule is Cc1ccc(N2CCCS2(=O)=O)cc1NS(=O)(=O)c1cc(Cl)ccc1C. The maximum absolute atomic E-state index is 12.8. The molecule has 0 bridgehead atoms. The van der Waals surface area contributed by atoms with Gasteiger partial charge in [-0.1, -0.05) is 23.7 Å². The Morgan fingerprint density at radius 2 is 1.77 bits per heavy atom. The molecule has 0 amide bonds. The molecule has 1 N–H and O–H groups in total. The Balaban J connectivity index is 2.00. The van der Waals surface area contributed by atoms with Crippen LogP contribution in [0.1, 0.15) is 17.5 Å². The number of nitrogens with one attached hydrogen (secondary N) is 1. The van der Waals surface area contributed by atoms with Crippen molar-refractivity contribution >= 4 is 43.0 Å². The number of anilines is 2. The van der Waals surface area contributed by atoms with Gasteiger partial charge in [-0.3, -0.25) is 9.03 Å². The molecule has 140 valence electrons. The molecule has 1 aliphatic heterocycles. The molecule has 0 spiro atoms. The van der Waals surface area contributed by atoms with Crippen LogP contribution in [0.15, 0.2) is 41.3 Å². The van der Waals surface area contributed by atoms with Crippen LogP contribution in [0.3, 0.4) is 0 Å². The molecule has 1 fully saturated rings. The number of rotatable bonds is 4. The van der Waals surface area contributed by atoms with Gasteiger partial charge in [0.2, 0.25) is 10.0 Å². The van der Waals surface area contributed by atoms with Crippen LogP contribution in [0.25, 0.3) is 0 Å².